The van der Waals surface area contributed by atoms with Crippen LogP contribution in [0, 0.1) is 5.82 Å². The van der Waals surface area contributed by atoms with Crippen molar-refractivity contribution >= 4 is 10.0 Å². The van der Waals surface area contributed by atoms with Gasteiger partial charge in [0, 0.05) is 18.7 Å². The Hall–Kier alpha value is -0.980. The van der Waals surface area contributed by atoms with Gasteiger partial charge in [0.1, 0.15) is 5.82 Å². The summed E-state index contributed by atoms with van der Waals surface area (Å²) in [4.78, 5) is 0. The van der Waals surface area contributed by atoms with E-state index in [4.69, 9.17) is 0 Å². The van der Waals surface area contributed by atoms with Crippen molar-refractivity contribution in [1.29, 1.82) is 0 Å². The molecule has 1 fully saturated rings. The summed E-state index contributed by atoms with van der Waals surface area (Å²) in [6.45, 7) is 1.65. The lowest BCUT2D eigenvalue weighted by Crippen LogP contribution is -2.44. The molecule has 2 rings (SSSR count). The van der Waals surface area contributed by atoms with Crippen LogP contribution >= 0.6 is 0 Å². The highest BCUT2D eigenvalue weighted by Gasteiger charge is 2.28. The summed E-state index contributed by atoms with van der Waals surface area (Å²) in [5.41, 5.74) is 0.225. The number of rotatable bonds is 4. The average molecular weight is 286 g/mol. The molecule has 1 aromatic rings. The molecule has 1 aromatic carbocycles. The van der Waals surface area contributed by atoms with E-state index in [2.05, 4.69) is 5.32 Å². The van der Waals surface area contributed by atoms with Gasteiger partial charge in [0.15, 0.2) is 0 Å². The molecular weight excluding hydrogens is 267 g/mol. The minimum absolute atomic E-state index is 0.0121. The van der Waals surface area contributed by atoms with Crippen LogP contribution in [0.4, 0.5) is 4.39 Å². The van der Waals surface area contributed by atoms with Crippen LogP contribution in [-0.4, -0.2) is 38.9 Å². The van der Waals surface area contributed by atoms with Crippen LogP contribution in [-0.2, 0) is 15.8 Å². The van der Waals surface area contributed by atoms with Gasteiger partial charge in [-0.25, -0.2) is 17.1 Å². The number of piperidine rings is 1. The lowest BCUT2D eigenvalue weighted by atomic mass is 10.1. The molecule has 0 atom stereocenters. The van der Waals surface area contributed by atoms with E-state index in [1.54, 1.807) is 19.2 Å². The molecule has 0 radical (unpaired) electrons. The summed E-state index contributed by atoms with van der Waals surface area (Å²) in [6.07, 6.45) is 1.60. The second-order valence-electron chi connectivity index (χ2n) is 4.85. The molecule has 4 nitrogen and oxygen atoms in total. The predicted octanol–water partition coefficient (Wildman–Crippen LogP) is 1.34. The van der Waals surface area contributed by atoms with E-state index in [1.165, 1.54) is 16.4 Å². The normalized spacial score (nSPS) is 17.8. The average Bonchev–Trinajstić information content (AvgIpc) is 2.41. The molecule has 0 bridgehead atoms. The molecule has 1 aliphatic rings. The van der Waals surface area contributed by atoms with E-state index in [0.717, 1.165) is 25.9 Å². The molecule has 1 heterocycles. The Kier molecular flexibility index (Phi) is 4.54. The van der Waals surface area contributed by atoms with E-state index in [-0.39, 0.29) is 17.4 Å². The van der Waals surface area contributed by atoms with Gasteiger partial charge < -0.3 is 5.32 Å². The lowest BCUT2D eigenvalue weighted by Gasteiger charge is -2.30. The molecule has 6 heteroatoms. The van der Waals surface area contributed by atoms with Crippen molar-refractivity contribution in [2.24, 2.45) is 0 Å². The van der Waals surface area contributed by atoms with Gasteiger partial charge in [-0.05, 0) is 32.0 Å². The van der Waals surface area contributed by atoms with Gasteiger partial charge in [0.2, 0.25) is 10.0 Å². The zero-order valence-corrected chi connectivity index (χ0v) is 11.8. The quantitative estimate of drug-likeness (QED) is 0.908. The molecular formula is C13H19FN2O2S. The third kappa shape index (κ3) is 3.52. The minimum atomic E-state index is -3.47. The summed E-state index contributed by atoms with van der Waals surface area (Å²) in [6, 6.07) is 6.02. The topological polar surface area (TPSA) is 49.4 Å². The molecule has 1 aliphatic heterocycles. The summed E-state index contributed by atoms with van der Waals surface area (Å²) in [7, 11) is -1.88. The van der Waals surface area contributed by atoms with Crippen molar-refractivity contribution in [3.63, 3.8) is 0 Å². The van der Waals surface area contributed by atoms with Crippen molar-refractivity contribution in [2.45, 2.75) is 24.6 Å². The molecule has 0 unspecified atom stereocenters. The van der Waals surface area contributed by atoms with Gasteiger partial charge in [0.05, 0.1) is 5.75 Å². The second-order valence-corrected chi connectivity index (χ2v) is 6.87. The van der Waals surface area contributed by atoms with Crippen molar-refractivity contribution in [3.8, 4) is 0 Å². The maximum absolute atomic E-state index is 13.5. The third-order valence-electron chi connectivity index (χ3n) is 3.56. The summed E-state index contributed by atoms with van der Waals surface area (Å²) in [5.74, 6) is -0.745. The number of hydrogen-bond acceptors (Lipinski definition) is 3. The zero-order valence-electron chi connectivity index (χ0n) is 11.0. The molecule has 0 aliphatic carbocycles. The fourth-order valence-corrected chi connectivity index (χ4v) is 3.81. The van der Waals surface area contributed by atoms with E-state index < -0.39 is 15.8 Å². The molecule has 106 valence electrons. The fraction of sp³-hybridized carbons (Fsp3) is 0.538. The maximum Gasteiger partial charge on any atom is 0.218 e. The first kappa shape index (κ1) is 14.4. The largest absolute Gasteiger partial charge is 0.317 e. The first-order chi connectivity index (χ1) is 9.00. The van der Waals surface area contributed by atoms with Gasteiger partial charge in [-0.15, -0.1) is 0 Å². The highest BCUT2D eigenvalue weighted by atomic mass is 32.2. The van der Waals surface area contributed by atoms with Crippen molar-refractivity contribution in [2.75, 3.05) is 20.1 Å². The van der Waals surface area contributed by atoms with Crippen LogP contribution in [0.25, 0.3) is 0 Å². The molecule has 0 spiro atoms. The number of hydrogen-bond donors (Lipinski definition) is 1. The lowest BCUT2D eigenvalue weighted by molar-refractivity contribution is 0.296. The van der Waals surface area contributed by atoms with Gasteiger partial charge >= 0.3 is 0 Å². The Morgan fingerprint density at radius 2 is 1.95 bits per heavy atom. The number of nitrogens with zero attached hydrogens (tertiary/aromatic N) is 1. The second kappa shape index (κ2) is 5.98. The number of benzene rings is 1. The van der Waals surface area contributed by atoms with Crippen LogP contribution < -0.4 is 5.32 Å². The van der Waals surface area contributed by atoms with Gasteiger partial charge in [-0.1, -0.05) is 18.2 Å². The number of sulfonamides is 1. The first-order valence-corrected chi connectivity index (χ1v) is 8.01. The summed E-state index contributed by atoms with van der Waals surface area (Å²) in [5, 5.41) is 3.20. The number of nitrogens with one attached hydrogen (secondary N) is 1. The first-order valence-electron chi connectivity index (χ1n) is 6.40. The molecule has 0 aromatic heterocycles. The van der Waals surface area contributed by atoms with Crippen LogP contribution in [0.2, 0.25) is 0 Å². The van der Waals surface area contributed by atoms with Gasteiger partial charge in [-0.3, -0.25) is 0 Å². The van der Waals surface area contributed by atoms with E-state index >= 15 is 0 Å². The van der Waals surface area contributed by atoms with Crippen molar-refractivity contribution < 1.29 is 12.8 Å². The highest BCUT2D eigenvalue weighted by molar-refractivity contribution is 7.88. The summed E-state index contributed by atoms with van der Waals surface area (Å²) < 4.78 is 39.5. The SMILES string of the molecule is CN(C1CCNCC1)S(=O)(=O)Cc1ccccc1F. The molecule has 1 N–H and O–H groups in total. The van der Waals surface area contributed by atoms with E-state index in [9.17, 15) is 12.8 Å². The fourth-order valence-electron chi connectivity index (χ4n) is 2.31. The third-order valence-corrected chi connectivity index (χ3v) is 5.41. The predicted molar refractivity (Wildman–Crippen MR) is 72.7 cm³/mol. The number of halogens is 1. The Morgan fingerprint density at radius 1 is 1.32 bits per heavy atom. The van der Waals surface area contributed by atoms with Crippen LogP contribution in [0.5, 0.6) is 0 Å². The molecule has 0 amide bonds. The van der Waals surface area contributed by atoms with Crippen LogP contribution in [0.15, 0.2) is 24.3 Å². The van der Waals surface area contributed by atoms with E-state index in [1.807, 2.05) is 0 Å². The van der Waals surface area contributed by atoms with Crippen molar-refractivity contribution in [1.82, 2.24) is 9.62 Å². The van der Waals surface area contributed by atoms with Gasteiger partial charge in [0.25, 0.3) is 0 Å². The monoisotopic (exact) mass is 286 g/mol. The van der Waals surface area contributed by atoms with Crippen LogP contribution in [0.1, 0.15) is 18.4 Å². The van der Waals surface area contributed by atoms with Gasteiger partial charge in [-0.2, -0.15) is 0 Å². The Labute approximate surface area is 113 Å². The molecule has 0 saturated carbocycles. The van der Waals surface area contributed by atoms with Crippen LogP contribution in [0.3, 0.4) is 0 Å². The Bertz CT molecular complexity index is 527. The maximum atomic E-state index is 13.5. The zero-order chi connectivity index (χ0) is 13.9. The standard InChI is InChI=1S/C13H19FN2O2S/c1-16(12-6-8-15-9-7-12)19(17,18)10-11-4-2-3-5-13(11)14/h2-5,12,15H,6-10H2,1H3. The molecule has 1 saturated heterocycles. The Balaban J connectivity index is 2.11. The molecule has 19 heavy (non-hydrogen) atoms. The summed E-state index contributed by atoms with van der Waals surface area (Å²) >= 11 is 0. The Morgan fingerprint density at radius 3 is 2.58 bits per heavy atom. The smallest absolute Gasteiger partial charge is 0.218 e. The minimum Gasteiger partial charge on any atom is -0.317 e. The highest BCUT2D eigenvalue weighted by Crippen LogP contribution is 2.18. The van der Waals surface area contributed by atoms with E-state index in [0.29, 0.717) is 0 Å². The van der Waals surface area contributed by atoms with Crippen molar-refractivity contribution in [3.05, 3.63) is 35.6 Å².